The van der Waals surface area contributed by atoms with Crippen LogP contribution in [0, 0.1) is 0 Å². The third-order valence-corrected chi connectivity index (χ3v) is 1.96. The maximum absolute atomic E-state index is 4.23. The normalized spacial score (nSPS) is 20.6. The first-order valence-corrected chi connectivity index (χ1v) is 3.02. The molecule has 0 saturated heterocycles. The third kappa shape index (κ3) is 0.833. The lowest BCUT2D eigenvalue weighted by atomic mass is 10.4. The van der Waals surface area contributed by atoms with Crippen LogP contribution in [0.2, 0.25) is 0 Å². The fourth-order valence-electron chi connectivity index (χ4n) is 0.677. The van der Waals surface area contributed by atoms with E-state index in [0.717, 1.165) is 11.6 Å². The predicted octanol–water partition coefficient (Wildman–Crippen LogP) is 0.598. The summed E-state index contributed by atoms with van der Waals surface area (Å²) in [6.45, 7) is 3.01. The van der Waals surface area contributed by atoms with Crippen LogP contribution < -0.4 is 5.43 Å². The molecule has 0 aromatic rings. The van der Waals surface area contributed by atoms with E-state index in [2.05, 4.69) is 25.0 Å². The molecule has 1 aliphatic heterocycles. The van der Waals surface area contributed by atoms with Gasteiger partial charge < -0.3 is 5.01 Å². The molecule has 3 heteroatoms. The molecule has 0 aromatic carbocycles. The molecule has 1 aliphatic rings. The maximum atomic E-state index is 4.23. The van der Waals surface area contributed by atoms with Crippen LogP contribution in [0.1, 0.15) is 6.92 Å². The summed E-state index contributed by atoms with van der Waals surface area (Å²) >= 11 is 4.23. The van der Waals surface area contributed by atoms with Crippen LogP contribution in [0.4, 0.5) is 0 Å². The largest absolute Gasteiger partial charge is 0.305 e. The molecule has 0 aromatic heterocycles. The summed E-state index contributed by atoms with van der Waals surface area (Å²) in [7, 11) is 1.96. The highest BCUT2D eigenvalue weighted by Gasteiger charge is 2.10. The topological polar surface area (TPSA) is 15.3 Å². The van der Waals surface area contributed by atoms with E-state index >= 15 is 0 Å². The van der Waals surface area contributed by atoms with Gasteiger partial charge in [-0.2, -0.15) is 0 Å². The second kappa shape index (κ2) is 1.99. The quantitative estimate of drug-likeness (QED) is 0.467. The molecule has 2 nitrogen and oxygen atoms in total. The van der Waals surface area contributed by atoms with E-state index in [0.29, 0.717) is 0 Å². The van der Waals surface area contributed by atoms with E-state index in [1.54, 1.807) is 0 Å². The van der Waals surface area contributed by atoms with Gasteiger partial charge in [-0.15, -0.1) is 12.6 Å². The van der Waals surface area contributed by atoms with Crippen LogP contribution in [-0.2, 0) is 0 Å². The zero-order chi connectivity index (χ0) is 6.15. The maximum Gasteiger partial charge on any atom is 0.0819 e. The number of thiol groups is 1. The molecule has 0 saturated carbocycles. The molecule has 1 N–H and O–H groups in total. The van der Waals surface area contributed by atoms with Gasteiger partial charge in [0, 0.05) is 13.6 Å². The molecule has 0 unspecified atom stereocenters. The minimum atomic E-state index is 0.940. The summed E-state index contributed by atoms with van der Waals surface area (Å²) in [6.07, 6.45) is 0. The van der Waals surface area contributed by atoms with E-state index in [1.165, 1.54) is 5.57 Å². The Morgan fingerprint density at radius 3 is 2.50 bits per heavy atom. The lowest BCUT2D eigenvalue weighted by molar-refractivity contribution is 0.366. The second-order valence-corrected chi connectivity index (χ2v) is 2.42. The Balaban J connectivity index is 2.71. The van der Waals surface area contributed by atoms with Crippen molar-refractivity contribution < 1.29 is 0 Å². The Morgan fingerprint density at radius 1 is 1.75 bits per heavy atom. The number of hydrogen-bond donors (Lipinski definition) is 2. The summed E-state index contributed by atoms with van der Waals surface area (Å²) in [6, 6.07) is 0. The molecule has 0 bridgehead atoms. The number of nitrogens with one attached hydrogen (secondary N) is 1. The van der Waals surface area contributed by atoms with Crippen LogP contribution in [0.3, 0.4) is 0 Å². The Morgan fingerprint density at radius 2 is 2.38 bits per heavy atom. The highest BCUT2D eigenvalue weighted by Crippen LogP contribution is 2.14. The van der Waals surface area contributed by atoms with E-state index in [9.17, 15) is 0 Å². The molecule has 1 heterocycles. The first-order chi connectivity index (χ1) is 3.72. The number of nitrogens with zero attached hydrogens (tertiary/aromatic N) is 1. The highest BCUT2D eigenvalue weighted by molar-refractivity contribution is 7.84. The first-order valence-electron chi connectivity index (χ1n) is 2.58. The Kier molecular flexibility index (Phi) is 1.49. The average molecular weight is 130 g/mol. The van der Waals surface area contributed by atoms with Gasteiger partial charge in [-0.05, 0) is 12.5 Å². The molecule has 8 heavy (non-hydrogen) atoms. The predicted molar refractivity (Wildman–Crippen MR) is 37.5 cm³/mol. The minimum absolute atomic E-state index is 0.940. The van der Waals surface area contributed by atoms with E-state index < -0.39 is 0 Å². The SMILES string of the molecule is CC1=C(S)N(C)NC1. The van der Waals surface area contributed by atoms with Crippen LogP contribution in [0.25, 0.3) is 0 Å². The Labute approximate surface area is 54.9 Å². The van der Waals surface area contributed by atoms with Crippen molar-refractivity contribution in [2.24, 2.45) is 0 Å². The molecule has 46 valence electrons. The second-order valence-electron chi connectivity index (χ2n) is 2.00. The Bertz CT molecular complexity index is 130. The van der Waals surface area contributed by atoms with Crippen molar-refractivity contribution in [3.8, 4) is 0 Å². The van der Waals surface area contributed by atoms with Crippen LogP contribution in [0.5, 0.6) is 0 Å². The lowest BCUT2D eigenvalue weighted by Crippen LogP contribution is -2.25. The zero-order valence-corrected chi connectivity index (χ0v) is 6.00. The molecule has 0 radical (unpaired) electrons. The molecular weight excluding hydrogens is 120 g/mol. The van der Waals surface area contributed by atoms with E-state index in [-0.39, 0.29) is 0 Å². The first kappa shape index (κ1) is 5.98. The van der Waals surface area contributed by atoms with Gasteiger partial charge in [0.2, 0.25) is 0 Å². The zero-order valence-electron chi connectivity index (χ0n) is 5.10. The fourth-order valence-corrected chi connectivity index (χ4v) is 0.827. The standard InChI is InChI=1S/C5H10N2S/c1-4-3-6-7(2)5(4)8/h6,8H,3H2,1-2H3. The smallest absolute Gasteiger partial charge is 0.0819 e. The van der Waals surface area contributed by atoms with Gasteiger partial charge in [-0.1, -0.05) is 0 Å². The Hall–Kier alpha value is -0.150. The van der Waals surface area contributed by atoms with Crippen LogP contribution in [0.15, 0.2) is 10.6 Å². The van der Waals surface area contributed by atoms with E-state index in [4.69, 9.17) is 0 Å². The molecule has 1 rings (SSSR count). The van der Waals surface area contributed by atoms with Crippen molar-refractivity contribution in [1.82, 2.24) is 10.4 Å². The summed E-state index contributed by atoms with van der Waals surface area (Å²) in [5.41, 5.74) is 4.40. The number of hydrazine groups is 1. The van der Waals surface area contributed by atoms with Gasteiger partial charge >= 0.3 is 0 Å². The van der Waals surface area contributed by atoms with Gasteiger partial charge in [0.25, 0.3) is 0 Å². The lowest BCUT2D eigenvalue weighted by Gasteiger charge is -2.10. The van der Waals surface area contributed by atoms with Gasteiger partial charge in [0.15, 0.2) is 0 Å². The van der Waals surface area contributed by atoms with Gasteiger partial charge in [0.05, 0.1) is 5.03 Å². The van der Waals surface area contributed by atoms with E-state index in [1.807, 2.05) is 12.1 Å². The molecule has 0 fully saturated rings. The van der Waals surface area contributed by atoms with Crippen molar-refractivity contribution >= 4 is 12.6 Å². The average Bonchev–Trinajstić information content (AvgIpc) is 1.98. The van der Waals surface area contributed by atoms with Crippen molar-refractivity contribution in [2.45, 2.75) is 6.92 Å². The van der Waals surface area contributed by atoms with Crippen LogP contribution >= 0.6 is 12.6 Å². The summed E-state index contributed by atoms with van der Waals surface area (Å²) in [4.78, 5) is 0. The molecule has 0 atom stereocenters. The van der Waals surface area contributed by atoms with Gasteiger partial charge in [-0.25, -0.2) is 5.43 Å². The highest BCUT2D eigenvalue weighted by atomic mass is 32.1. The van der Waals surface area contributed by atoms with Crippen molar-refractivity contribution in [1.29, 1.82) is 0 Å². The molecule has 0 aliphatic carbocycles. The minimum Gasteiger partial charge on any atom is -0.305 e. The van der Waals surface area contributed by atoms with Crippen molar-refractivity contribution in [3.63, 3.8) is 0 Å². The monoisotopic (exact) mass is 130 g/mol. The molecule has 0 spiro atoms. The van der Waals surface area contributed by atoms with Crippen molar-refractivity contribution in [2.75, 3.05) is 13.6 Å². The number of rotatable bonds is 0. The van der Waals surface area contributed by atoms with Crippen molar-refractivity contribution in [3.05, 3.63) is 10.6 Å². The number of hydrogen-bond acceptors (Lipinski definition) is 3. The fraction of sp³-hybridized carbons (Fsp3) is 0.600. The summed E-state index contributed by atoms with van der Waals surface area (Å²) in [5, 5.41) is 2.96. The third-order valence-electron chi connectivity index (χ3n) is 1.28. The molecule has 0 amide bonds. The summed E-state index contributed by atoms with van der Waals surface area (Å²) in [5.74, 6) is 0. The molecular formula is C5H10N2S. The van der Waals surface area contributed by atoms with Crippen LogP contribution in [-0.4, -0.2) is 18.6 Å². The summed E-state index contributed by atoms with van der Waals surface area (Å²) < 4.78 is 0. The van der Waals surface area contributed by atoms with Gasteiger partial charge in [0.1, 0.15) is 0 Å². The van der Waals surface area contributed by atoms with Gasteiger partial charge in [-0.3, -0.25) is 0 Å².